The third-order valence-corrected chi connectivity index (χ3v) is 3.36. The quantitative estimate of drug-likeness (QED) is 0.884. The second-order valence-electron chi connectivity index (χ2n) is 3.47. The molecule has 1 amide bonds. The summed E-state index contributed by atoms with van der Waals surface area (Å²) in [6.07, 6.45) is 1.38. The monoisotopic (exact) mass is 296 g/mol. The van der Waals surface area contributed by atoms with Crippen molar-refractivity contribution in [2.45, 2.75) is 0 Å². The third kappa shape index (κ3) is 3.10. The number of carbonyl (C=O) groups is 2. The maximum atomic E-state index is 11.9. The molecule has 5 nitrogen and oxygen atoms in total. The van der Waals surface area contributed by atoms with Crippen LogP contribution in [0.15, 0.2) is 29.8 Å². The smallest absolute Gasteiger partial charge is 0.350 e. The molecule has 0 atom stereocenters. The van der Waals surface area contributed by atoms with E-state index in [2.05, 4.69) is 15.0 Å². The molecule has 2 aromatic rings. The van der Waals surface area contributed by atoms with Crippen molar-refractivity contribution in [3.8, 4) is 0 Å². The van der Waals surface area contributed by atoms with Crippen LogP contribution in [0.5, 0.6) is 0 Å². The summed E-state index contributed by atoms with van der Waals surface area (Å²) in [5.41, 5.74) is 0.616. The van der Waals surface area contributed by atoms with Crippen LogP contribution >= 0.6 is 22.9 Å². The minimum atomic E-state index is -0.491. The molecule has 19 heavy (non-hydrogen) atoms. The van der Waals surface area contributed by atoms with Crippen LogP contribution in [-0.4, -0.2) is 24.0 Å². The standard InChI is InChI=1S/C12H9ClN2O3S/c1-18-12(17)10-8(4-5-19-10)15-11(16)9-3-2-7(13)6-14-9/h2-6H,1H3,(H,15,16). The van der Waals surface area contributed by atoms with E-state index in [0.717, 1.165) is 0 Å². The fraction of sp³-hybridized carbons (Fsp3) is 0.0833. The first kappa shape index (κ1) is 13.5. The maximum Gasteiger partial charge on any atom is 0.350 e. The van der Waals surface area contributed by atoms with Crippen LogP contribution in [-0.2, 0) is 4.74 Å². The first-order valence-electron chi connectivity index (χ1n) is 5.20. The lowest BCUT2D eigenvalue weighted by Crippen LogP contribution is -2.15. The molecule has 7 heteroatoms. The Labute approximate surface area is 118 Å². The summed E-state index contributed by atoms with van der Waals surface area (Å²) in [6, 6.07) is 4.70. The molecule has 2 heterocycles. The Kier molecular flexibility index (Phi) is 4.13. The highest BCUT2D eigenvalue weighted by atomic mass is 35.5. The molecule has 1 N–H and O–H groups in total. The Morgan fingerprint density at radius 1 is 1.37 bits per heavy atom. The highest BCUT2D eigenvalue weighted by molar-refractivity contribution is 7.12. The average molecular weight is 297 g/mol. The van der Waals surface area contributed by atoms with Crippen molar-refractivity contribution < 1.29 is 14.3 Å². The van der Waals surface area contributed by atoms with E-state index >= 15 is 0 Å². The Hall–Kier alpha value is -1.92. The zero-order valence-corrected chi connectivity index (χ0v) is 11.4. The number of amides is 1. The van der Waals surface area contributed by atoms with Crippen molar-refractivity contribution in [1.29, 1.82) is 0 Å². The molecule has 0 spiro atoms. The van der Waals surface area contributed by atoms with E-state index in [0.29, 0.717) is 15.6 Å². The number of hydrogen-bond donors (Lipinski definition) is 1. The van der Waals surface area contributed by atoms with Gasteiger partial charge in [-0.3, -0.25) is 4.79 Å². The molecule has 0 fully saturated rings. The molecule has 0 aliphatic carbocycles. The number of esters is 1. The Morgan fingerprint density at radius 2 is 2.16 bits per heavy atom. The van der Waals surface area contributed by atoms with E-state index in [1.165, 1.54) is 30.7 Å². The van der Waals surface area contributed by atoms with Crippen LogP contribution in [0.1, 0.15) is 20.2 Å². The summed E-state index contributed by atoms with van der Waals surface area (Å²) < 4.78 is 4.63. The number of carbonyl (C=O) groups excluding carboxylic acids is 2. The second kappa shape index (κ2) is 5.81. The predicted molar refractivity (Wildman–Crippen MR) is 72.9 cm³/mol. The average Bonchev–Trinajstić information content (AvgIpc) is 2.86. The largest absolute Gasteiger partial charge is 0.465 e. The van der Waals surface area contributed by atoms with Crippen molar-refractivity contribution in [3.05, 3.63) is 45.4 Å². The number of pyridine rings is 1. The number of anilines is 1. The van der Waals surface area contributed by atoms with Gasteiger partial charge in [0, 0.05) is 6.20 Å². The van der Waals surface area contributed by atoms with Gasteiger partial charge in [0.25, 0.3) is 5.91 Å². The number of hydrogen-bond acceptors (Lipinski definition) is 5. The first-order chi connectivity index (χ1) is 9.11. The van der Waals surface area contributed by atoms with Gasteiger partial charge in [-0.25, -0.2) is 9.78 Å². The molecule has 2 aromatic heterocycles. The molecule has 0 radical (unpaired) electrons. The Balaban J connectivity index is 2.17. The van der Waals surface area contributed by atoms with Gasteiger partial charge < -0.3 is 10.1 Å². The molecule has 0 saturated carbocycles. The van der Waals surface area contributed by atoms with Crippen molar-refractivity contribution in [3.63, 3.8) is 0 Å². The van der Waals surface area contributed by atoms with Gasteiger partial charge in [-0.05, 0) is 23.6 Å². The highest BCUT2D eigenvalue weighted by Crippen LogP contribution is 2.23. The number of rotatable bonds is 3. The number of aromatic nitrogens is 1. The number of nitrogens with one attached hydrogen (secondary N) is 1. The van der Waals surface area contributed by atoms with E-state index < -0.39 is 11.9 Å². The fourth-order valence-corrected chi connectivity index (χ4v) is 2.23. The Morgan fingerprint density at radius 3 is 2.79 bits per heavy atom. The van der Waals surface area contributed by atoms with Crippen LogP contribution in [0.3, 0.4) is 0 Å². The Bertz CT molecular complexity index is 610. The fourth-order valence-electron chi connectivity index (χ4n) is 1.35. The van der Waals surface area contributed by atoms with Crippen molar-refractivity contribution in [2.75, 3.05) is 12.4 Å². The number of methoxy groups -OCH3 is 1. The number of thiophene rings is 1. The molecule has 0 unspecified atom stereocenters. The maximum absolute atomic E-state index is 11.9. The summed E-state index contributed by atoms with van der Waals surface area (Å²) in [7, 11) is 1.29. The molecule has 0 aliphatic rings. The molecule has 0 saturated heterocycles. The molecule has 0 aliphatic heterocycles. The van der Waals surface area contributed by atoms with Gasteiger partial charge in [0.2, 0.25) is 0 Å². The van der Waals surface area contributed by atoms with Gasteiger partial charge in [-0.2, -0.15) is 0 Å². The summed E-state index contributed by atoms with van der Waals surface area (Å²) in [4.78, 5) is 27.6. The highest BCUT2D eigenvalue weighted by Gasteiger charge is 2.16. The van der Waals surface area contributed by atoms with Gasteiger partial charge in [0.15, 0.2) is 0 Å². The topological polar surface area (TPSA) is 68.3 Å². The van der Waals surface area contributed by atoms with Gasteiger partial charge >= 0.3 is 5.97 Å². The lowest BCUT2D eigenvalue weighted by molar-refractivity contribution is 0.0607. The predicted octanol–water partition coefficient (Wildman–Crippen LogP) is 2.84. The minimum Gasteiger partial charge on any atom is -0.465 e. The van der Waals surface area contributed by atoms with Crippen LogP contribution in [0.2, 0.25) is 5.02 Å². The van der Waals surface area contributed by atoms with Gasteiger partial charge in [0.1, 0.15) is 10.6 Å². The first-order valence-corrected chi connectivity index (χ1v) is 6.46. The van der Waals surface area contributed by atoms with Crippen LogP contribution in [0.4, 0.5) is 5.69 Å². The summed E-state index contributed by atoms with van der Waals surface area (Å²) >= 11 is 6.88. The lowest BCUT2D eigenvalue weighted by Gasteiger charge is -2.04. The van der Waals surface area contributed by atoms with Gasteiger partial charge in [-0.15, -0.1) is 11.3 Å². The zero-order valence-electron chi connectivity index (χ0n) is 9.84. The van der Waals surface area contributed by atoms with Crippen LogP contribution in [0.25, 0.3) is 0 Å². The van der Waals surface area contributed by atoms with E-state index in [4.69, 9.17) is 11.6 Å². The van der Waals surface area contributed by atoms with E-state index in [9.17, 15) is 9.59 Å². The van der Waals surface area contributed by atoms with Gasteiger partial charge in [0.05, 0.1) is 17.8 Å². The van der Waals surface area contributed by atoms with E-state index in [1.807, 2.05) is 0 Å². The van der Waals surface area contributed by atoms with Crippen molar-refractivity contribution in [1.82, 2.24) is 4.98 Å². The number of halogens is 1. The van der Waals surface area contributed by atoms with Gasteiger partial charge in [-0.1, -0.05) is 11.6 Å². The van der Waals surface area contributed by atoms with Crippen LogP contribution in [0, 0.1) is 0 Å². The zero-order chi connectivity index (χ0) is 13.8. The summed E-state index contributed by atoms with van der Waals surface area (Å²) in [6.45, 7) is 0. The van der Waals surface area contributed by atoms with E-state index in [-0.39, 0.29) is 5.69 Å². The minimum absolute atomic E-state index is 0.214. The third-order valence-electron chi connectivity index (χ3n) is 2.24. The second-order valence-corrected chi connectivity index (χ2v) is 4.82. The lowest BCUT2D eigenvalue weighted by atomic mass is 10.3. The van der Waals surface area contributed by atoms with Crippen molar-refractivity contribution in [2.24, 2.45) is 0 Å². The van der Waals surface area contributed by atoms with Crippen LogP contribution < -0.4 is 5.32 Å². The molecule has 2 rings (SSSR count). The number of nitrogens with zero attached hydrogens (tertiary/aromatic N) is 1. The molecular weight excluding hydrogens is 288 g/mol. The molecule has 0 bridgehead atoms. The van der Waals surface area contributed by atoms with Crippen molar-refractivity contribution >= 4 is 40.5 Å². The number of ether oxygens (including phenoxy) is 1. The summed E-state index contributed by atoms with van der Waals surface area (Å²) in [5.74, 6) is -0.908. The molecule has 0 aromatic carbocycles. The molecular formula is C12H9ClN2O3S. The molecule has 98 valence electrons. The van der Waals surface area contributed by atoms with E-state index in [1.54, 1.807) is 17.5 Å². The normalized spacial score (nSPS) is 10.0. The summed E-state index contributed by atoms with van der Waals surface area (Å²) in [5, 5.41) is 4.74. The SMILES string of the molecule is COC(=O)c1sccc1NC(=O)c1ccc(Cl)cn1.